The van der Waals surface area contributed by atoms with E-state index in [1.54, 1.807) is 6.07 Å². The summed E-state index contributed by atoms with van der Waals surface area (Å²) in [4.78, 5) is 0. The molecule has 1 aliphatic rings. The van der Waals surface area contributed by atoms with Gasteiger partial charge in [-0.05, 0) is 36.8 Å². The van der Waals surface area contributed by atoms with Gasteiger partial charge in [-0.15, -0.1) is 0 Å². The average molecular weight is 289 g/mol. The second kappa shape index (κ2) is 6.75. The van der Waals surface area contributed by atoms with E-state index >= 15 is 0 Å². The number of alkyl halides is 2. The molecular formula is C14H21F2NOS. The van der Waals surface area contributed by atoms with E-state index in [1.807, 2.05) is 6.07 Å². The van der Waals surface area contributed by atoms with Gasteiger partial charge >= 0.3 is 0 Å². The van der Waals surface area contributed by atoms with Gasteiger partial charge in [0.25, 0.3) is 5.76 Å². The predicted octanol–water partition coefficient (Wildman–Crippen LogP) is 4.26. The van der Waals surface area contributed by atoms with Crippen molar-refractivity contribution in [2.75, 3.05) is 0 Å². The fourth-order valence-electron chi connectivity index (χ4n) is 2.62. The van der Waals surface area contributed by atoms with Crippen molar-refractivity contribution < 1.29 is 13.2 Å². The van der Waals surface area contributed by atoms with Crippen LogP contribution in [-0.2, 0) is 12.3 Å². The predicted molar refractivity (Wildman–Crippen MR) is 74.2 cm³/mol. The molecule has 1 aromatic rings. The second-order valence-corrected chi connectivity index (χ2v) is 6.32. The molecule has 3 atom stereocenters. The van der Waals surface area contributed by atoms with E-state index in [0.717, 1.165) is 11.7 Å². The molecule has 0 bridgehead atoms. The summed E-state index contributed by atoms with van der Waals surface area (Å²) in [6, 6.07) is 4.20. The maximum Gasteiger partial charge on any atom is 0.284 e. The molecular weight excluding hydrogens is 268 g/mol. The lowest BCUT2D eigenvalue weighted by atomic mass is 9.98. The van der Waals surface area contributed by atoms with Gasteiger partial charge in [-0.25, -0.2) is 0 Å². The van der Waals surface area contributed by atoms with Crippen molar-refractivity contribution in [3.8, 4) is 0 Å². The first-order chi connectivity index (χ1) is 9.06. The Hall–Kier alpha value is -0.550. The van der Waals surface area contributed by atoms with Gasteiger partial charge in [0, 0.05) is 6.04 Å². The topological polar surface area (TPSA) is 25.2 Å². The summed E-state index contributed by atoms with van der Waals surface area (Å²) >= 11 is 0.594. The summed E-state index contributed by atoms with van der Waals surface area (Å²) in [6.07, 6.45) is 2.48. The first-order valence-corrected chi connectivity index (χ1v) is 7.82. The minimum Gasteiger partial charge on any atom is -0.464 e. The molecule has 0 spiro atoms. The highest BCUT2D eigenvalue weighted by atomic mass is 32.2. The number of rotatable bonds is 6. The molecule has 1 aromatic heterocycles. The van der Waals surface area contributed by atoms with E-state index in [-0.39, 0.29) is 5.75 Å². The van der Waals surface area contributed by atoms with Crippen molar-refractivity contribution in [2.45, 2.75) is 50.8 Å². The molecule has 2 rings (SSSR count). The van der Waals surface area contributed by atoms with Crippen molar-refractivity contribution in [3.63, 3.8) is 0 Å². The number of hydrogen-bond donors (Lipinski definition) is 1. The lowest BCUT2D eigenvalue weighted by molar-refractivity contribution is 0.251. The van der Waals surface area contributed by atoms with Crippen molar-refractivity contribution in [3.05, 3.63) is 23.7 Å². The Morgan fingerprint density at radius 1 is 1.32 bits per heavy atom. The Balaban J connectivity index is 1.77. The zero-order chi connectivity index (χ0) is 13.8. The molecule has 1 N–H and O–H groups in total. The van der Waals surface area contributed by atoms with Crippen molar-refractivity contribution in [1.82, 2.24) is 5.32 Å². The third-order valence-corrected chi connectivity index (χ3v) is 4.78. The molecule has 0 aliphatic heterocycles. The van der Waals surface area contributed by atoms with Crippen LogP contribution in [0.3, 0.4) is 0 Å². The SMILES string of the molecule is CC1CCC(NCc2ccc(CSC(F)F)o2)C1C. The van der Waals surface area contributed by atoms with Crippen LogP contribution < -0.4 is 5.32 Å². The average Bonchev–Trinajstić information content (AvgIpc) is 2.94. The smallest absolute Gasteiger partial charge is 0.284 e. The van der Waals surface area contributed by atoms with Crippen LogP contribution in [0.2, 0.25) is 0 Å². The maximum atomic E-state index is 12.1. The molecule has 0 amide bonds. The Morgan fingerprint density at radius 2 is 2.05 bits per heavy atom. The summed E-state index contributed by atoms with van der Waals surface area (Å²) in [5.74, 6) is 0.795. The zero-order valence-corrected chi connectivity index (χ0v) is 12.2. The highest BCUT2D eigenvalue weighted by molar-refractivity contribution is 7.98. The molecule has 3 unspecified atom stereocenters. The molecule has 1 heterocycles. The monoisotopic (exact) mass is 289 g/mol. The highest BCUT2D eigenvalue weighted by Crippen LogP contribution is 2.31. The van der Waals surface area contributed by atoms with E-state index < -0.39 is 5.76 Å². The molecule has 0 aromatic carbocycles. The van der Waals surface area contributed by atoms with E-state index in [9.17, 15) is 8.78 Å². The molecule has 1 fully saturated rings. The van der Waals surface area contributed by atoms with Crippen LogP contribution in [0.4, 0.5) is 8.78 Å². The molecule has 108 valence electrons. The van der Waals surface area contributed by atoms with E-state index in [4.69, 9.17) is 4.42 Å². The van der Waals surface area contributed by atoms with Crippen LogP contribution in [0.15, 0.2) is 16.5 Å². The van der Waals surface area contributed by atoms with E-state index in [2.05, 4.69) is 19.2 Å². The Morgan fingerprint density at radius 3 is 2.68 bits per heavy atom. The highest BCUT2D eigenvalue weighted by Gasteiger charge is 2.29. The summed E-state index contributed by atoms with van der Waals surface area (Å²) in [6.45, 7) is 5.25. The Bertz CT molecular complexity index is 397. The molecule has 19 heavy (non-hydrogen) atoms. The maximum absolute atomic E-state index is 12.1. The minimum atomic E-state index is -2.34. The number of hydrogen-bond acceptors (Lipinski definition) is 3. The molecule has 0 radical (unpaired) electrons. The Labute approximate surface area is 117 Å². The van der Waals surface area contributed by atoms with Crippen LogP contribution in [0.25, 0.3) is 0 Å². The summed E-state index contributed by atoms with van der Waals surface area (Å²) in [5, 5.41) is 3.51. The van der Waals surface area contributed by atoms with Crippen molar-refractivity contribution in [1.29, 1.82) is 0 Å². The van der Waals surface area contributed by atoms with Crippen molar-refractivity contribution in [2.24, 2.45) is 11.8 Å². The number of nitrogens with one attached hydrogen (secondary N) is 1. The van der Waals surface area contributed by atoms with Gasteiger partial charge < -0.3 is 9.73 Å². The van der Waals surface area contributed by atoms with Gasteiger partial charge in [0.15, 0.2) is 0 Å². The summed E-state index contributed by atoms with van der Waals surface area (Å²) in [5.41, 5.74) is 0. The molecule has 1 saturated carbocycles. The van der Waals surface area contributed by atoms with Gasteiger partial charge in [-0.3, -0.25) is 0 Å². The first-order valence-electron chi connectivity index (χ1n) is 6.77. The largest absolute Gasteiger partial charge is 0.464 e. The van der Waals surface area contributed by atoms with Crippen LogP contribution in [-0.4, -0.2) is 11.8 Å². The fraction of sp³-hybridized carbons (Fsp3) is 0.714. The normalized spacial score (nSPS) is 27.3. The minimum absolute atomic E-state index is 0.231. The molecule has 1 aliphatic carbocycles. The van der Waals surface area contributed by atoms with Crippen LogP contribution in [0.5, 0.6) is 0 Å². The third-order valence-electron chi connectivity index (χ3n) is 4.07. The van der Waals surface area contributed by atoms with Crippen LogP contribution >= 0.6 is 11.8 Å². The van der Waals surface area contributed by atoms with Gasteiger partial charge in [0.2, 0.25) is 0 Å². The van der Waals surface area contributed by atoms with E-state index in [1.165, 1.54) is 12.8 Å². The van der Waals surface area contributed by atoms with Crippen LogP contribution in [0, 0.1) is 11.8 Å². The van der Waals surface area contributed by atoms with Gasteiger partial charge in [-0.2, -0.15) is 8.78 Å². The molecule has 5 heteroatoms. The van der Waals surface area contributed by atoms with Gasteiger partial charge in [-0.1, -0.05) is 25.6 Å². The number of thioether (sulfide) groups is 1. The second-order valence-electron chi connectivity index (χ2n) is 5.34. The summed E-state index contributed by atoms with van der Waals surface area (Å²) in [7, 11) is 0. The number of furan rings is 1. The zero-order valence-electron chi connectivity index (χ0n) is 11.4. The van der Waals surface area contributed by atoms with Crippen LogP contribution in [0.1, 0.15) is 38.2 Å². The Kier molecular flexibility index (Phi) is 5.28. The van der Waals surface area contributed by atoms with E-state index in [0.29, 0.717) is 36.0 Å². The molecule has 2 nitrogen and oxygen atoms in total. The molecule has 0 saturated heterocycles. The quantitative estimate of drug-likeness (QED) is 0.847. The standard InChI is InChI=1S/C14H21F2NOS/c1-9-3-6-13(10(9)2)17-7-11-4-5-12(18-11)8-19-14(15)16/h4-5,9-10,13-14,17H,3,6-8H2,1-2H3. The van der Waals surface area contributed by atoms with Crippen molar-refractivity contribution >= 4 is 11.8 Å². The lowest BCUT2D eigenvalue weighted by Crippen LogP contribution is -2.31. The van der Waals surface area contributed by atoms with Gasteiger partial charge in [0.05, 0.1) is 12.3 Å². The van der Waals surface area contributed by atoms with Gasteiger partial charge in [0.1, 0.15) is 11.5 Å². The third kappa shape index (κ3) is 4.21. The number of halogens is 2. The lowest BCUT2D eigenvalue weighted by Gasteiger charge is -2.18. The first kappa shape index (κ1) is 14.9. The fourth-order valence-corrected chi connectivity index (χ4v) is 3.07. The summed E-state index contributed by atoms with van der Waals surface area (Å²) < 4.78 is 29.7.